The summed E-state index contributed by atoms with van der Waals surface area (Å²) >= 11 is 0. The van der Waals surface area contributed by atoms with E-state index in [1.54, 1.807) is 6.07 Å². The van der Waals surface area contributed by atoms with Crippen molar-refractivity contribution in [3.8, 4) is 0 Å². The molecule has 2 rings (SSSR count). The van der Waals surface area contributed by atoms with Crippen LogP contribution in [0.1, 0.15) is 58.1 Å². The molecule has 0 bridgehead atoms. The Labute approximate surface area is 122 Å². The number of pyridine rings is 1. The van der Waals surface area contributed by atoms with Crippen molar-refractivity contribution in [1.29, 1.82) is 0 Å². The molecular weight excluding hydrogens is 251 g/mol. The van der Waals surface area contributed by atoms with Crippen LogP contribution in [0.4, 0.5) is 4.39 Å². The first-order valence-electron chi connectivity index (χ1n) is 7.94. The molecule has 1 heterocycles. The minimum Gasteiger partial charge on any atom is -0.310 e. The Balaban J connectivity index is 2.18. The van der Waals surface area contributed by atoms with Gasteiger partial charge in [0.2, 0.25) is 0 Å². The van der Waals surface area contributed by atoms with Gasteiger partial charge in [-0.05, 0) is 61.6 Å². The fraction of sp³-hybridized carbons (Fsp3) is 0.706. The van der Waals surface area contributed by atoms with Crippen molar-refractivity contribution in [2.75, 3.05) is 6.54 Å². The predicted molar refractivity (Wildman–Crippen MR) is 80.9 cm³/mol. The summed E-state index contributed by atoms with van der Waals surface area (Å²) in [5, 5.41) is 3.62. The van der Waals surface area contributed by atoms with E-state index in [4.69, 9.17) is 0 Å². The molecule has 1 aliphatic carbocycles. The number of hydrogen-bond acceptors (Lipinski definition) is 2. The molecule has 3 atom stereocenters. The molecule has 2 nitrogen and oxygen atoms in total. The van der Waals surface area contributed by atoms with E-state index < -0.39 is 0 Å². The molecule has 3 unspecified atom stereocenters. The van der Waals surface area contributed by atoms with Crippen LogP contribution in [-0.2, 0) is 0 Å². The molecule has 0 amide bonds. The summed E-state index contributed by atoms with van der Waals surface area (Å²) in [6.45, 7) is 7.81. The zero-order valence-electron chi connectivity index (χ0n) is 12.9. The zero-order chi connectivity index (χ0) is 14.5. The number of nitrogens with zero attached hydrogens (tertiary/aromatic N) is 1. The Morgan fingerprint density at radius 3 is 2.55 bits per heavy atom. The Morgan fingerprint density at radius 1 is 1.25 bits per heavy atom. The van der Waals surface area contributed by atoms with E-state index in [-0.39, 0.29) is 11.9 Å². The molecule has 0 saturated heterocycles. The van der Waals surface area contributed by atoms with Gasteiger partial charge in [0.15, 0.2) is 0 Å². The maximum absolute atomic E-state index is 13.5. The first-order valence-corrected chi connectivity index (χ1v) is 7.94. The standard InChI is InChI=1S/C17H27FN2/c1-4-5-20-17(15-9-16(18)11-19-10-15)14-7-12(2)6-13(3)8-14/h9-14,17,20H,4-8H2,1-3H3. The lowest BCUT2D eigenvalue weighted by atomic mass is 9.72. The molecule has 1 saturated carbocycles. The van der Waals surface area contributed by atoms with Gasteiger partial charge in [0.05, 0.1) is 6.20 Å². The van der Waals surface area contributed by atoms with Gasteiger partial charge in [-0.2, -0.15) is 0 Å². The van der Waals surface area contributed by atoms with E-state index >= 15 is 0 Å². The highest BCUT2D eigenvalue weighted by molar-refractivity contribution is 5.16. The van der Waals surface area contributed by atoms with E-state index in [0.717, 1.165) is 30.4 Å². The summed E-state index contributed by atoms with van der Waals surface area (Å²) in [6.07, 6.45) is 7.97. The van der Waals surface area contributed by atoms with Gasteiger partial charge >= 0.3 is 0 Å². The van der Waals surface area contributed by atoms with Gasteiger partial charge < -0.3 is 5.32 Å². The summed E-state index contributed by atoms with van der Waals surface area (Å²) in [4.78, 5) is 4.03. The van der Waals surface area contributed by atoms with E-state index in [2.05, 4.69) is 31.1 Å². The van der Waals surface area contributed by atoms with Crippen molar-refractivity contribution in [1.82, 2.24) is 10.3 Å². The summed E-state index contributed by atoms with van der Waals surface area (Å²) in [6, 6.07) is 1.88. The molecule has 0 aromatic carbocycles. The predicted octanol–water partition coefficient (Wildman–Crippen LogP) is 4.33. The van der Waals surface area contributed by atoms with Crippen LogP contribution in [0.3, 0.4) is 0 Å². The van der Waals surface area contributed by atoms with Crippen molar-refractivity contribution < 1.29 is 4.39 Å². The molecule has 1 aromatic rings. The topological polar surface area (TPSA) is 24.9 Å². The molecule has 1 N–H and O–H groups in total. The first kappa shape index (κ1) is 15.4. The van der Waals surface area contributed by atoms with Gasteiger partial charge in [-0.1, -0.05) is 20.8 Å². The number of halogens is 1. The molecule has 20 heavy (non-hydrogen) atoms. The van der Waals surface area contributed by atoms with Crippen LogP contribution >= 0.6 is 0 Å². The largest absolute Gasteiger partial charge is 0.310 e. The molecule has 1 aromatic heterocycles. The minimum atomic E-state index is -0.234. The quantitative estimate of drug-likeness (QED) is 0.867. The van der Waals surface area contributed by atoms with E-state index in [1.165, 1.54) is 25.5 Å². The summed E-state index contributed by atoms with van der Waals surface area (Å²) in [5.74, 6) is 1.87. The highest BCUT2D eigenvalue weighted by Crippen LogP contribution is 2.39. The second-order valence-electron chi connectivity index (χ2n) is 6.55. The smallest absolute Gasteiger partial charge is 0.141 e. The van der Waals surface area contributed by atoms with E-state index in [1.807, 2.05) is 6.20 Å². The van der Waals surface area contributed by atoms with Gasteiger partial charge in [0.1, 0.15) is 5.82 Å². The molecule has 0 radical (unpaired) electrons. The molecule has 0 aliphatic heterocycles. The van der Waals surface area contributed by atoms with Gasteiger partial charge in [0, 0.05) is 12.2 Å². The van der Waals surface area contributed by atoms with E-state index in [0.29, 0.717) is 5.92 Å². The zero-order valence-corrected chi connectivity index (χ0v) is 12.9. The Hall–Kier alpha value is -0.960. The van der Waals surface area contributed by atoms with Crippen molar-refractivity contribution in [2.45, 2.75) is 52.5 Å². The first-order chi connectivity index (χ1) is 9.60. The molecule has 0 spiro atoms. The van der Waals surface area contributed by atoms with E-state index in [9.17, 15) is 4.39 Å². The van der Waals surface area contributed by atoms with Crippen LogP contribution in [0, 0.1) is 23.6 Å². The fourth-order valence-corrected chi connectivity index (χ4v) is 3.74. The van der Waals surface area contributed by atoms with Crippen LogP contribution in [0.15, 0.2) is 18.5 Å². The van der Waals surface area contributed by atoms with Crippen molar-refractivity contribution in [2.24, 2.45) is 17.8 Å². The van der Waals surface area contributed by atoms with Crippen LogP contribution in [-0.4, -0.2) is 11.5 Å². The molecular formula is C17H27FN2. The van der Waals surface area contributed by atoms with Crippen LogP contribution in [0.25, 0.3) is 0 Å². The number of nitrogens with one attached hydrogen (secondary N) is 1. The Kier molecular flexibility index (Phi) is 5.53. The van der Waals surface area contributed by atoms with Crippen LogP contribution in [0.5, 0.6) is 0 Å². The fourth-order valence-electron chi connectivity index (χ4n) is 3.74. The normalized spacial score (nSPS) is 28.3. The summed E-state index contributed by atoms with van der Waals surface area (Å²) in [5.41, 5.74) is 1.00. The number of aromatic nitrogens is 1. The average Bonchev–Trinajstić information content (AvgIpc) is 2.38. The Morgan fingerprint density at radius 2 is 1.95 bits per heavy atom. The third-order valence-electron chi connectivity index (χ3n) is 4.39. The Bertz CT molecular complexity index is 411. The van der Waals surface area contributed by atoms with Gasteiger partial charge in [-0.15, -0.1) is 0 Å². The van der Waals surface area contributed by atoms with Crippen molar-refractivity contribution >= 4 is 0 Å². The lowest BCUT2D eigenvalue weighted by molar-refractivity contribution is 0.176. The van der Waals surface area contributed by atoms with Gasteiger partial charge in [0.25, 0.3) is 0 Å². The van der Waals surface area contributed by atoms with Crippen LogP contribution in [0.2, 0.25) is 0 Å². The summed E-state index contributed by atoms with van der Waals surface area (Å²) < 4.78 is 13.5. The highest BCUT2D eigenvalue weighted by atomic mass is 19.1. The molecule has 1 fully saturated rings. The summed E-state index contributed by atoms with van der Waals surface area (Å²) in [7, 11) is 0. The molecule has 3 heteroatoms. The molecule has 112 valence electrons. The third kappa shape index (κ3) is 4.02. The average molecular weight is 278 g/mol. The lowest BCUT2D eigenvalue weighted by Gasteiger charge is -2.37. The highest BCUT2D eigenvalue weighted by Gasteiger charge is 2.30. The van der Waals surface area contributed by atoms with Crippen molar-refractivity contribution in [3.05, 3.63) is 29.8 Å². The molecule has 1 aliphatic rings. The number of rotatable bonds is 5. The second kappa shape index (κ2) is 7.16. The third-order valence-corrected chi connectivity index (χ3v) is 4.39. The maximum Gasteiger partial charge on any atom is 0.141 e. The van der Waals surface area contributed by atoms with Crippen LogP contribution < -0.4 is 5.32 Å². The minimum absolute atomic E-state index is 0.234. The van der Waals surface area contributed by atoms with Gasteiger partial charge in [-0.25, -0.2) is 4.39 Å². The van der Waals surface area contributed by atoms with Crippen molar-refractivity contribution in [3.63, 3.8) is 0 Å². The SMILES string of the molecule is CCCNC(c1cncc(F)c1)C1CC(C)CC(C)C1. The van der Waals surface area contributed by atoms with Gasteiger partial charge in [-0.3, -0.25) is 4.98 Å². The second-order valence-corrected chi connectivity index (χ2v) is 6.55. The maximum atomic E-state index is 13.5. The monoisotopic (exact) mass is 278 g/mol. The lowest BCUT2D eigenvalue weighted by Crippen LogP contribution is -2.33. The number of hydrogen-bond donors (Lipinski definition) is 1.